The summed E-state index contributed by atoms with van der Waals surface area (Å²) >= 11 is 3.28. The Morgan fingerprint density at radius 3 is 3.42 bits per heavy atom. The van der Waals surface area contributed by atoms with Crippen LogP contribution in [0, 0.1) is 0 Å². The number of hydrogen-bond donors (Lipinski definition) is 1. The smallest absolute Gasteiger partial charge is 0.141 e. The van der Waals surface area contributed by atoms with Crippen LogP contribution in [-0.2, 0) is 11.3 Å². The number of aromatic nitrogens is 2. The van der Waals surface area contributed by atoms with Gasteiger partial charge in [-0.15, -0.1) is 0 Å². The Labute approximate surface area is 78.3 Å². The van der Waals surface area contributed by atoms with Gasteiger partial charge in [0.1, 0.15) is 16.5 Å². The molecule has 1 atom stereocenters. The van der Waals surface area contributed by atoms with Crippen LogP contribution in [0.15, 0.2) is 10.8 Å². The van der Waals surface area contributed by atoms with Gasteiger partial charge in [-0.1, -0.05) is 0 Å². The molecule has 2 rings (SSSR count). The van der Waals surface area contributed by atoms with Gasteiger partial charge in [0.2, 0.25) is 0 Å². The second-order valence-corrected chi connectivity index (χ2v) is 3.47. The van der Waals surface area contributed by atoms with Gasteiger partial charge in [-0.25, -0.2) is 4.98 Å². The minimum absolute atomic E-state index is 0.0105. The summed E-state index contributed by atoms with van der Waals surface area (Å²) in [5.74, 6) is 0.802. The number of imidazole rings is 1. The topological polar surface area (TPSA) is 47.3 Å². The van der Waals surface area contributed by atoms with Crippen molar-refractivity contribution in [2.24, 2.45) is 0 Å². The first-order valence-electron chi connectivity index (χ1n) is 3.76. The van der Waals surface area contributed by atoms with Crippen molar-refractivity contribution in [1.29, 1.82) is 0 Å². The van der Waals surface area contributed by atoms with E-state index in [2.05, 4.69) is 20.9 Å². The van der Waals surface area contributed by atoms with Crippen LogP contribution < -0.4 is 0 Å². The van der Waals surface area contributed by atoms with Crippen molar-refractivity contribution in [3.05, 3.63) is 16.6 Å². The van der Waals surface area contributed by atoms with E-state index in [4.69, 9.17) is 9.84 Å². The third kappa shape index (κ3) is 1.28. The molecular formula is C7H9BrN2O2. The number of rotatable bonds is 1. The lowest BCUT2D eigenvalue weighted by Crippen LogP contribution is -2.23. The standard InChI is InChI=1S/C7H9BrN2O2/c8-6-3-10-1-2-12-5(4-11)7(10)9-6/h3,5,11H,1-2,4H2. The molecule has 0 aromatic carbocycles. The molecule has 1 N–H and O–H groups in total. The van der Waals surface area contributed by atoms with Gasteiger partial charge in [0, 0.05) is 12.7 Å². The third-order valence-corrected chi connectivity index (χ3v) is 2.27. The van der Waals surface area contributed by atoms with Crippen molar-refractivity contribution < 1.29 is 9.84 Å². The maximum Gasteiger partial charge on any atom is 0.141 e. The number of ether oxygens (including phenoxy) is 1. The number of halogens is 1. The van der Waals surface area contributed by atoms with Gasteiger partial charge in [-0.3, -0.25) is 0 Å². The molecule has 0 aliphatic carbocycles. The van der Waals surface area contributed by atoms with Gasteiger partial charge in [0.05, 0.1) is 13.2 Å². The maximum absolute atomic E-state index is 8.95. The van der Waals surface area contributed by atoms with E-state index in [1.807, 2.05) is 10.8 Å². The Bertz CT molecular complexity index is 287. The fourth-order valence-corrected chi connectivity index (χ4v) is 1.76. The first-order valence-corrected chi connectivity index (χ1v) is 4.55. The highest BCUT2D eigenvalue weighted by Crippen LogP contribution is 2.22. The van der Waals surface area contributed by atoms with Crippen LogP contribution in [0.4, 0.5) is 0 Å². The van der Waals surface area contributed by atoms with Gasteiger partial charge in [0.15, 0.2) is 0 Å². The molecule has 5 heteroatoms. The van der Waals surface area contributed by atoms with Gasteiger partial charge >= 0.3 is 0 Å². The quantitative estimate of drug-likeness (QED) is 0.776. The van der Waals surface area contributed by atoms with E-state index in [1.54, 1.807) is 0 Å². The van der Waals surface area contributed by atoms with Gasteiger partial charge in [-0.2, -0.15) is 0 Å². The van der Waals surface area contributed by atoms with Crippen LogP contribution in [0.2, 0.25) is 0 Å². The average molecular weight is 233 g/mol. The van der Waals surface area contributed by atoms with E-state index < -0.39 is 0 Å². The molecule has 0 bridgehead atoms. The number of aliphatic hydroxyl groups excluding tert-OH is 1. The van der Waals surface area contributed by atoms with Crippen molar-refractivity contribution in [2.45, 2.75) is 12.6 Å². The van der Waals surface area contributed by atoms with E-state index in [9.17, 15) is 0 Å². The van der Waals surface area contributed by atoms with Crippen LogP contribution in [0.1, 0.15) is 11.9 Å². The van der Waals surface area contributed by atoms with E-state index in [0.29, 0.717) is 6.61 Å². The van der Waals surface area contributed by atoms with Crippen molar-refractivity contribution in [1.82, 2.24) is 9.55 Å². The summed E-state index contributed by atoms with van der Waals surface area (Å²) in [7, 11) is 0. The highest BCUT2D eigenvalue weighted by atomic mass is 79.9. The number of nitrogens with zero attached hydrogens (tertiary/aromatic N) is 2. The van der Waals surface area contributed by atoms with Crippen molar-refractivity contribution >= 4 is 15.9 Å². The number of fused-ring (bicyclic) bond motifs is 1. The molecule has 1 aliphatic heterocycles. The number of hydrogen-bond acceptors (Lipinski definition) is 3. The highest BCUT2D eigenvalue weighted by Gasteiger charge is 2.22. The molecule has 0 saturated heterocycles. The predicted octanol–water partition coefficient (Wildman–Crippen LogP) is 0.709. The van der Waals surface area contributed by atoms with E-state index >= 15 is 0 Å². The van der Waals surface area contributed by atoms with Gasteiger partial charge in [-0.05, 0) is 15.9 Å². The molecule has 1 aromatic heterocycles. The Kier molecular flexibility index (Phi) is 2.16. The zero-order valence-electron chi connectivity index (χ0n) is 6.40. The normalized spacial score (nSPS) is 22.3. The molecule has 1 aromatic rings. The molecule has 1 aliphatic rings. The van der Waals surface area contributed by atoms with Crippen LogP contribution in [0.25, 0.3) is 0 Å². The van der Waals surface area contributed by atoms with Crippen LogP contribution in [-0.4, -0.2) is 27.9 Å². The average Bonchev–Trinajstić information content (AvgIpc) is 2.44. The Hall–Kier alpha value is -0.390. The summed E-state index contributed by atoms with van der Waals surface area (Å²) in [5.41, 5.74) is 0. The third-order valence-electron chi connectivity index (χ3n) is 1.88. The fourth-order valence-electron chi connectivity index (χ4n) is 1.34. The lowest BCUT2D eigenvalue weighted by Gasteiger charge is -2.21. The summed E-state index contributed by atoms with van der Waals surface area (Å²) in [6.45, 7) is 1.44. The molecule has 2 heterocycles. The summed E-state index contributed by atoms with van der Waals surface area (Å²) in [6.07, 6.45) is 1.64. The van der Waals surface area contributed by atoms with Crippen LogP contribution in [0.5, 0.6) is 0 Å². The van der Waals surface area contributed by atoms with Crippen molar-refractivity contribution in [3.8, 4) is 0 Å². The van der Waals surface area contributed by atoms with Gasteiger partial charge in [0.25, 0.3) is 0 Å². The largest absolute Gasteiger partial charge is 0.393 e. The molecule has 0 spiro atoms. The molecule has 0 fully saturated rings. The zero-order chi connectivity index (χ0) is 8.55. The first-order chi connectivity index (χ1) is 5.81. The second kappa shape index (κ2) is 3.16. The fraction of sp³-hybridized carbons (Fsp3) is 0.571. The zero-order valence-corrected chi connectivity index (χ0v) is 7.99. The van der Waals surface area contributed by atoms with E-state index in [0.717, 1.165) is 17.0 Å². The Morgan fingerprint density at radius 2 is 2.67 bits per heavy atom. The molecule has 4 nitrogen and oxygen atoms in total. The summed E-state index contributed by atoms with van der Waals surface area (Å²) < 4.78 is 8.10. The number of aliphatic hydroxyl groups is 1. The van der Waals surface area contributed by atoms with E-state index in [-0.39, 0.29) is 12.7 Å². The molecule has 66 valence electrons. The summed E-state index contributed by atoms with van der Waals surface area (Å²) in [5, 5.41) is 8.95. The first kappa shape index (κ1) is 8.22. The highest BCUT2D eigenvalue weighted by molar-refractivity contribution is 9.10. The minimum Gasteiger partial charge on any atom is -0.393 e. The summed E-state index contributed by atoms with van der Waals surface area (Å²) in [6, 6.07) is 0. The second-order valence-electron chi connectivity index (χ2n) is 2.66. The summed E-state index contributed by atoms with van der Waals surface area (Å²) in [4.78, 5) is 4.20. The van der Waals surface area contributed by atoms with Crippen molar-refractivity contribution in [3.63, 3.8) is 0 Å². The lowest BCUT2D eigenvalue weighted by atomic mass is 10.3. The predicted molar refractivity (Wildman–Crippen MR) is 45.7 cm³/mol. The van der Waals surface area contributed by atoms with Crippen LogP contribution in [0.3, 0.4) is 0 Å². The molecule has 0 saturated carbocycles. The van der Waals surface area contributed by atoms with Crippen LogP contribution >= 0.6 is 15.9 Å². The molecule has 0 amide bonds. The molecule has 12 heavy (non-hydrogen) atoms. The maximum atomic E-state index is 8.95. The molecule has 1 unspecified atom stereocenters. The van der Waals surface area contributed by atoms with Gasteiger partial charge < -0.3 is 14.4 Å². The Balaban J connectivity index is 2.36. The monoisotopic (exact) mass is 232 g/mol. The molecular weight excluding hydrogens is 224 g/mol. The molecule has 0 radical (unpaired) electrons. The van der Waals surface area contributed by atoms with E-state index in [1.165, 1.54) is 0 Å². The Morgan fingerprint density at radius 1 is 1.83 bits per heavy atom. The lowest BCUT2D eigenvalue weighted by molar-refractivity contribution is -0.0174. The minimum atomic E-state index is -0.259. The van der Waals surface area contributed by atoms with Crippen molar-refractivity contribution in [2.75, 3.05) is 13.2 Å². The SMILES string of the molecule is OCC1OCCn2cc(Br)nc21.